The Bertz CT molecular complexity index is 823. The summed E-state index contributed by atoms with van der Waals surface area (Å²) < 4.78 is 6.42. The number of aryl methyl sites for hydroxylation is 1. The zero-order chi connectivity index (χ0) is 24.8. The smallest absolute Gasteiger partial charge is 0.126 e. The predicted molar refractivity (Wildman–Crippen MR) is 147 cm³/mol. The highest BCUT2D eigenvalue weighted by atomic mass is 16.5. The first-order valence-corrected chi connectivity index (χ1v) is 13.7. The summed E-state index contributed by atoms with van der Waals surface area (Å²) in [5.41, 5.74) is 5.47. The third kappa shape index (κ3) is 9.99. The third-order valence-electron chi connectivity index (χ3n) is 6.43. The average Bonchev–Trinajstić information content (AvgIpc) is 2.82. The SMILES string of the molecule is CCCCCCCCCCCCOc1c(C(C)C)cc(N=Nc2ccc(C)cc2)cc1C(C)C. The lowest BCUT2D eigenvalue weighted by molar-refractivity contribution is 0.296. The summed E-state index contributed by atoms with van der Waals surface area (Å²) in [5, 5.41) is 9.03. The van der Waals surface area contributed by atoms with Gasteiger partial charge >= 0.3 is 0 Å². The molecule has 0 aromatic heterocycles. The van der Waals surface area contributed by atoms with E-state index in [1.807, 2.05) is 12.1 Å². The van der Waals surface area contributed by atoms with E-state index in [2.05, 4.69) is 76.0 Å². The van der Waals surface area contributed by atoms with Crippen LogP contribution in [0.5, 0.6) is 5.75 Å². The molecule has 0 fully saturated rings. The minimum atomic E-state index is 0.370. The van der Waals surface area contributed by atoms with Crippen LogP contribution in [-0.4, -0.2) is 6.61 Å². The van der Waals surface area contributed by atoms with Crippen LogP contribution in [0.25, 0.3) is 0 Å². The van der Waals surface area contributed by atoms with Crippen molar-refractivity contribution in [2.45, 2.75) is 118 Å². The lowest BCUT2D eigenvalue weighted by Crippen LogP contribution is -2.06. The minimum Gasteiger partial charge on any atom is -0.493 e. The number of unbranched alkanes of at least 4 members (excludes halogenated alkanes) is 9. The lowest BCUT2D eigenvalue weighted by atomic mass is 9.93. The molecule has 0 amide bonds. The Kier molecular flexibility index (Phi) is 13.0. The molecule has 0 aliphatic carbocycles. The van der Waals surface area contributed by atoms with Crippen LogP contribution < -0.4 is 4.74 Å². The van der Waals surface area contributed by atoms with Crippen LogP contribution in [0.15, 0.2) is 46.6 Å². The first-order chi connectivity index (χ1) is 16.4. The molecule has 0 unspecified atom stereocenters. The summed E-state index contributed by atoms with van der Waals surface area (Å²) in [5.74, 6) is 1.81. The molecule has 0 bridgehead atoms. The summed E-state index contributed by atoms with van der Waals surface area (Å²) in [6, 6.07) is 12.5. The van der Waals surface area contributed by atoms with Gasteiger partial charge in [0.1, 0.15) is 5.75 Å². The van der Waals surface area contributed by atoms with Crippen LogP contribution in [0.3, 0.4) is 0 Å². The Morgan fingerprint density at radius 2 is 1.12 bits per heavy atom. The van der Waals surface area contributed by atoms with Gasteiger partial charge in [0, 0.05) is 0 Å². The molecule has 188 valence electrons. The molecule has 0 spiro atoms. The largest absolute Gasteiger partial charge is 0.493 e. The Morgan fingerprint density at radius 3 is 1.62 bits per heavy atom. The topological polar surface area (TPSA) is 34.0 Å². The maximum absolute atomic E-state index is 6.42. The number of nitrogens with zero attached hydrogens (tertiary/aromatic N) is 2. The van der Waals surface area contributed by atoms with Gasteiger partial charge in [-0.3, -0.25) is 0 Å². The van der Waals surface area contributed by atoms with Gasteiger partial charge in [-0.1, -0.05) is 110 Å². The van der Waals surface area contributed by atoms with Gasteiger partial charge in [0.25, 0.3) is 0 Å². The molecule has 3 heteroatoms. The van der Waals surface area contributed by atoms with Crippen molar-refractivity contribution >= 4 is 11.4 Å². The first kappa shape index (κ1) is 28.1. The highest BCUT2D eigenvalue weighted by molar-refractivity contribution is 5.55. The fourth-order valence-electron chi connectivity index (χ4n) is 4.23. The van der Waals surface area contributed by atoms with E-state index < -0.39 is 0 Å². The normalized spacial score (nSPS) is 11.8. The van der Waals surface area contributed by atoms with E-state index >= 15 is 0 Å². The molecule has 0 N–H and O–H groups in total. The van der Waals surface area contributed by atoms with Gasteiger partial charge in [0.05, 0.1) is 18.0 Å². The predicted octanol–water partition coefficient (Wildman–Crippen LogP) is 11.0. The van der Waals surface area contributed by atoms with Crippen molar-refractivity contribution in [3.63, 3.8) is 0 Å². The molecule has 0 saturated carbocycles. The van der Waals surface area contributed by atoms with Gasteiger partial charge < -0.3 is 4.74 Å². The van der Waals surface area contributed by atoms with Gasteiger partial charge in [-0.05, 0) is 60.6 Å². The second kappa shape index (κ2) is 15.7. The number of rotatable bonds is 16. The van der Waals surface area contributed by atoms with Crippen LogP contribution in [0.4, 0.5) is 11.4 Å². The summed E-state index contributed by atoms with van der Waals surface area (Å²) in [6.45, 7) is 14.1. The molecule has 0 saturated heterocycles. The summed E-state index contributed by atoms with van der Waals surface area (Å²) in [4.78, 5) is 0. The summed E-state index contributed by atoms with van der Waals surface area (Å²) >= 11 is 0. The second-order valence-corrected chi connectivity index (χ2v) is 10.3. The third-order valence-corrected chi connectivity index (χ3v) is 6.43. The number of ether oxygens (including phenoxy) is 1. The van der Waals surface area contributed by atoms with E-state index in [9.17, 15) is 0 Å². The molecule has 0 atom stereocenters. The van der Waals surface area contributed by atoms with Crippen molar-refractivity contribution in [2.75, 3.05) is 6.61 Å². The summed E-state index contributed by atoms with van der Waals surface area (Å²) in [7, 11) is 0. The number of benzene rings is 2. The average molecular weight is 465 g/mol. The standard InChI is InChI=1S/C31H48N2O/c1-7-8-9-10-11-12-13-14-15-16-21-34-31-29(24(2)3)22-28(23-30(31)25(4)5)33-32-27-19-17-26(6)18-20-27/h17-20,22-25H,7-16,21H2,1-6H3. The van der Waals surface area contributed by atoms with Gasteiger partial charge in [-0.25, -0.2) is 0 Å². The van der Waals surface area contributed by atoms with Gasteiger partial charge in [-0.2, -0.15) is 10.2 Å². The van der Waals surface area contributed by atoms with E-state index in [0.29, 0.717) is 11.8 Å². The maximum atomic E-state index is 6.42. The minimum absolute atomic E-state index is 0.370. The molecule has 0 aliphatic rings. The highest BCUT2D eigenvalue weighted by Crippen LogP contribution is 2.39. The maximum Gasteiger partial charge on any atom is 0.126 e. The zero-order valence-corrected chi connectivity index (χ0v) is 22.7. The van der Waals surface area contributed by atoms with Gasteiger partial charge in [0.15, 0.2) is 0 Å². The van der Waals surface area contributed by atoms with Crippen molar-refractivity contribution in [2.24, 2.45) is 10.2 Å². The molecular weight excluding hydrogens is 416 g/mol. The van der Waals surface area contributed by atoms with Crippen LogP contribution in [0.1, 0.15) is 127 Å². The van der Waals surface area contributed by atoms with Gasteiger partial charge in [-0.15, -0.1) is 0 Å². The number of hydrogen-bond donors (Lipinski definition) is 0. The fourth-order valence-corrected chi connectivity index (χ4v) is 4.23. The monoisotopic (exact) mass is 464 g/mol. The highest BCUT2D eigenvalue weighted by Gasteiger charge is 2.17. The Hall–Kier alpha value is -2.16. The molecule has 0 aliphatic heterocycles. The molecule has 2 rings (SSSR count). The van der Waals surface area contributed by atoms with Gasteiger partial charge in [0.2, 0.25) is 0 Å². The van der Waals surface area contributed by atoms with Crippen LogP contribution in [0.2, 0.25) is 0 Å². The molecule has 0 heterocycles. The van der Waals surface area contributed by atoms with Crippen molar-refractivity contribution < 1.29 is 4.74 Å². The quantitative estimate of drug-likeness (QED) is 0.180. The van der Waals surface area contributed by atoms with Crippen LogP contribution in [0, 0.1) is 6.92 Å². The van der Waals surface area contributed by atoms with E-state index in [1.165, 1.54) is 74.5 Å². The molecule has 34 heavy (non-hydrogen) atoms. The van der Waals surface area contributed by atoms with E-state index in [-0.39, 0.29) is 0 Å². The van der Waals surface area contributed by atoms with Crippen molar-refractivity contribution in [3.05, 3.63) is 53.1 Å². The Labute approximate surface area is 209 Å². The number of hydrogen-bond acceptors (Lipinski definition) is 3. The molecular formula is C31H48N2O. The molecule has 0 radical (unpaired) electrons. The van der Waals surface area contributed by atoms with E-state index in [4.69, 9.17) is 4.74 Å². The first-order valence-electron chi connectivity index (χ1n) is 13.7. The fraction of sp³-hybridized carbons (Fsp3) is 0.613. The van der Waals surface area contributed by atoms with Crippen molar-refractivity contribution in [1.29, 1.82) is 0 Å². The molecule has 2 aromatic rings. The van der Waals surface area contributed by atoms with E-state index in [0.717, 1.165) is 30.2 Å². The second-order valence-electron chi connectivity index (χ2n) is 10.3. The molecule has 2 aromatic carbocycles. The van der Waals surface area contributed by atoms with Crippen molar-refractivity contribution in [3.8, 4) is 5.75 Å². The lowest BCUT2D eigenvalue weighted by Gasteiger charge is -2.21. The molecule has 3 nitrogen and oxygen atoms in total. The van der Waals surface area contributed by atoms with Crippen LogP contribution >= 0.6 is 0 Å². The summed E-state index contributed by atoms with van der Waals surface area (Å²) in [6.07, 6.45) is 13.4. The zero-order valence-electron chi connectivity index (χ0n) is 22.7. The van der Waals surface area contributed by atoms with E-state index in [1.54, 1.807) is 0 Å². The Morgan fingerprint density at radius 1 is 0.647 bits per heavy atom. The Balaban J connectivity index is 1.94. The van der Waals surface area contributed by atoms with Crippen LogP contribution in [-0.2, 0) is 0 Å². The number of azo groups is 1. The van der Waals surface area contributed by atoms with Crippen molar-refractivity contribution in [1.82, 2.24) is 0 Å².